The van der Waals surface area contributed by atoms with Crippen LogP contribution in [0.2, 0.25) is 0 Å². The van der Waals surface area contributed by atoms with Gasteiger partial charge in [-0.1, -0.05) is 6.92 Å². The Balaban J connectivity index is 2.31. The molecule has 0 saturated carbocycles. The summed E-state index contributed by atoms with van der Waals surface area (Å²) in [6.07, 6.45) is -5.61. The first-order chi connectivity index (χ1) is 11.9. The summed E-state index contributed by atoms with van der Waals surface area (Å²) in [6.45, 7) is 6.77. The number of rotatable bonds is 4. The van der Waals surface area contributed by atoms with Gasteiger partial charge in [0.25, 0.3) is 0 Å². The highest BCUT2D eigenvalue weighted by Crippen LogP contribution is 2.41. The topological polar surface area (TPSA) is 80.7 Å². The van der Waals surface area contributed by atoms with Crippen molar-refractivity contribution in [3.8, 4) is 5.88 Å². The zero-order valence-corrected chi connectivity index (χ0v) is 15.1. The van der Waals surface area contributed by atoms with Crippen LogP contribution in [-0.4, -0.2) is 34.5 Å². The van der Waals surface area contributed by atoms with Gasteiger partial charge in [-0.2, -0.15) is 13.2 Å². The van der Waals surface area contributed by atoms with E-state index in [1.54, 1.807) is 27.7 Å². The molecule has 26 heavy (non-hydrogen) atoms. The summed E-state index contributed by atoms with van der Waals surface area (Å²) in [6, 6.07) is 1.38. The molecule has 0 saturated heterocycles. The van der Waals surface area contributed by atoms with E-state index >= 15 is 0 Å². The molecule has 0 unspecified atom stereocenters. The Labute approximate surface area is 149 Å². The van der Waals surface area contributed by atoms with Crippen molar-refractivity contribution in [3.63, 3.8) is 0 Å². The van der Waals surface area contributed by atoms with Crippen LogP contribution in [0.25, 0.3) is 0 Å². The van der Waals surface area contributed by atoms with E-state index in [0.29, 0.717) is 12.0 Å². The average molecular weight is 376 g/mol. The Morgan fingerprint density at radius 3 is 2.58 bits per heavy atom. The minimum Gasteiger partial charge on any atom is -0.471 e. The van der Waals surface area contributed by atoms with E-state index in [4.69, 9.17) is 14.6 Å². The molecule has 6 nitrogen and oxygen atoms in total. The Kier molecular flexibility index (Phi) is 5.70. The molecule has 0 fully saturated rings. The number of ether oxygens (including phenoxy) is 2. The number of alkyl halides is 3. The number of nitrogens with one attached hydrogen (secondary N) is 1. The van der Waals surface area contributed by atoms with Crippen LogP contribution in [0, 0.1) is 5.92 Å². The van der Waals surface area contributed by atoms with E-state index in [0.717, 1.165) is 6.07 Å². The third-order valence-electron chi connectivity index (χ3n) is 3.91. The van der Waals surface area contributed by atoms with Gasteiger partial charge >= 0.3 is 12.3 Å². The molecule has 1 aliphatic rings. The summed E-state index contributed by atoms with van der Waals surface area (Å²) in [5.41, 5.74) is -1.45. The molecule has 1 aromatic rings. The normalized spacial score (nSPS) is 20.9. The number of hydrogen-bond acceptors (Lipinski definition) is 5. The van der Waals surface area contributed by atoms with E-state index in [1.807, 2.05) is 0 Å². The lowest BCUT2D eigenvalue weighted by molar-refractivity contribution is -0.141. The lowest BCUT2D eigenvalue weighted by Gasteiger charge is -2.27. The molecule has 1 aliphatic heterocycles. The van der Waals surface area contributed by atoms with E-state index in [1.165, 1.54) is 6.07 Å². The first-order valence-corrected chi connectivity index (χ1v) is 8.27. The fourth-order valence-electron chi connectivity index (χ4n) is 2.72. The fraction of sp³-hybridized carbons (Fsp3) is 0.647. The SMILES string of the molecule is C[C@H](CCO)[C@H]1Oc2nc(C(F)(F)F)ccc2[C@H]1NC(=O)OC(C)(C)C. The van der Waals surface area contributed by atoms with Gasteiger partial charge in [0.1, 0.15) is 17.4 Å². The van der Waals surface area contributed by atoms with Gasteiger partial charge in [0.15, 0.2) is 0 Å². The number of aliphatic hydroxyl groups excluding tert-OH is 1. The quantitative estimate of drug-likeness (QED) is 0.841. The molecule has 0 aliphatic carbocycles. The molecule has 1 amide bonds. The number of aliphatic hydroxyl groups is 1. The summed E-state index contributed by atoms with van der Waals surface area (Å²) in [7, 11) is 0. The minimum absolute atomic E-state index is 0.113. The molecule has 1 aromatic heterocycles. The zero-order valence-electron chi connectivity index (χ0n) is 15.1. The molecule has 9 heteroatoms. The largest absolute Gasteiger partial charge is 0.471 e. The van der Waals surface area contributed by atoms with Gasteiger partial charge in [0.2, 0.25) is 5.88 Å². The van der Waals surface area contributed by atoms with E-state index in [-0.39, 0.29) is 18.4 Å². The summed E-state index contributed by atoms with van der Waals surface area (Å²) >= 11 is 0. The number of carbonyl (C=O) groups excluding carboxylic acids is 1. The van der Waals surface area contributed by atoms with E-state index in [9.17, 15) is 18.0 Å². The van der Waals surface area contributed by atoms with Crippen LogP contribution < -0.4 is 10.1 Å². The number of amides is 1. The number of pyridine rings is 1. The maximum atomic E-state index is 12.9. The first kappa shape index (κ1) is 20.3. The first-order valence-electron chi connectivity index (χ1n) is 8.27. The Morgan fingerprint density at radius 2 is 2.04 bits per heavy atom. The van der Waals surface area contributed by atoms with Crippen LogP contribution in [0.5, 0.6) is 5.88 Å². The lowest BCUT2D eigenvalue weighted by Crippen LogP contribution is -2.41. The van der Waals surface area contributed by atoms with Gasteiger partial charge in [-0.25, -0.2) is 9.78 Å². The predicted octanol–water partition coefficient (Wildman–Crippen LogP) is 3.45. The van der Waals surface area contributed by atoms with Gasteiger partial charge in [-0.3, -0.25) is 0 Å². The molecule has 0 aromatic carbocycles. The van der Waals surface area contributed by atoms with Crippen LogP contribution in [-0.2, 0) is 10.9 Å². The number of carbonyl (C=O) groups is 1. The molecule has 2 N–H and O–H groups in total. The summed E-state index contributed by atoms with van der Waals surface area (Å²) in [5, 5.41) is 11.8. The second kappa shape index (κ2) is 7.30. The second-order valence-corrected chi connectivity index (χ2v) is 7.28. The van der Waals surface area contributed by atoms with Crippen molar-refractivity contribution < 1.29 is 32.5 Å². The third kappa shape index (κ3) is 4.78. The van der Waals surface area contributed by atoms with Crippen molar-refractivity contribution in [1.29, 1.82) is 0 Å². The second-order valence-electron chi connectivity index (χ2n) is 7.28. The molecular formula is C17H23F3N2O4. The Bertz CT molecular complexity index is 658. The average Bonchev–Trinajstić information content (AvgIpc) is 2.82. The summed E-state index contributed by atoms with van der Waals surface area (Å²) < 4.78 is 49.5. The van der Waals surface area contributed by atoms with Crippen molar-refractivity contribution >= 4 is 6.09 Å². The molecular weight excluding hydrogens is 353 g/mol. The van der Waals surface area contributed by atoms with Crippen LogP contribution in [0.3, 0.4) is 0 Å². The van der Waals surface area contributed by atoms with Gasteiger partial charge in [-0.15, -0.1) is 0 Å². The highest BCUT2D eigenvalue weighted by molar-refractivity contribution is 5.69. The number of alkyl carbamates (subject to hydrolysis) is 1. The smallest absolute Gasteiger partial charge is 0.433 e. The van der Waals surface area contributed by atoms with Gasteiger partial charge < -0.3 is 19.9 Å². The number of fused-ring (bicyclic) bond motifs is 1. The van der Waals surface area contributed by atoms with Gasteiger partial charge in [0.05, 0.1) is 6.04 Å². The highest BCUT2D eigenvalue weighted by atomic mass is 19.4. The molecule has 0 bridgehead atoms. The van der Waals surface area contributed by atoms with Crippen LogP contribution in [0.1, 0.15) is 51.4 Å². The molecule has 0 spiro atoms. The zero-order chi connectivity index (χ0) is 19.7. The predicted molar refractivity (Wildman–Crippen MR) is 86.6 cm³/mol. The summed E-state index contributed by atoms with van der Waals surface area (Å²) in [4.78, 5) is 15.7. The van der Waals surface area contributed by atoms with E-state index in [2.05, 4.69) is 10.3 Å². The standard InChI is InChI=1S/C17H23F3N2O4/c1-9(7-8-23)13-12(22-15(24)26-16(2,3)4)10-5-6-11(17(18,19)20)21-14(10)25-13/h5-6,9,12-13,23H,7-8H2,1-4H3,(H,22,24)/t9-,12-,13-/m1/s1. The maximum Gasteiger partial charge on any atom is 0.433 e. The number of halogens is 3. The monoisotopic (exact) mass is 376 g/mol. The van der Waals surface area contributed by atoms with Crippen molar-refractivity contribution in [1.82, 2.24) is 10.3 Å². The molecule has 3 atom stereocenters. The number of aromatic nitrogens is 1. The van der Waals surface area contributed by atoms with Crippen molar-refractivity contribution in [2.24, 2.45) is 5.92 Å². The lowest BCUT2D eigenvalue weighted by atomic mass is 9.93. The van der Waals surface area contributed by atoms with E-state index < -0.39 is 35.7 Å². The van der Waals surface area contributed by atoms with Crippen LogP contribution >= 0.6 is 0 Å². The number of nitrogens with zero attached hydrogens (tertiary/aromatic N) is 1. The van der Waals surface area contributed by atoms with Gasteiger partial charge in [0, 0.05) is 12.2 Å². The molecule has 2 rings (SSSR count). The minimum atomic E-state index is -4.60. The summed E-state index contributed by atoms with van der Waals surface area (Å²) in [5.74, 6) is -0.404. The maximum absolute atomic E-state index is 12.9. The van der Waals surface area contributed by atoms with Gasteiger partial charge in [-0.05, 0) is 45.2 Å². The molecule has 146 valence electrons. The number of hydrogen-bond donors (Lipinski definition) is 2. The van der Waals surface area contributed by atoms with Crippen molar-refractivity contribution in [3.05, 3.63) is 23.4 Å². The highest BCUT2D eigenvalue weighted by Gasteiger charge is 2.42. The Morgan fingerprint density at radius 1 is 1.38 bits per heavy atom. The van der Waals surface area contributed by atoms with Crippen LogP contribution in [0.4, 0.5) is 18.0 Å². The third-order valence-corrected chi connectivity index (χ3v) is 3.91. The van der Waals surface area contributed by atoms with Crippen LogP contribution in [0.15, 0.2) is 12.1 Å². The van der Waals surface area contributed by atoms with Crippen molar-refractivity contribution in [2.45, 2.75) is 58.0 Å². The molecule has 0 radical (unpaired) electrons. The van der Waals surface area contributed by atoms with Crippen molar-refractivity contribution in [2.75, 3.05) is 6.61 Å². The fourth-order valence-corrected chi connectivity index (χ4v) is 2.72. The molecule has 2 heterocycles. The Hall–Kier alpha value is -2.03.